The summed E-state index contributed by atoms with van der Waals surface area (Å²) in [4.78, 5) is 26.0. The molecule has 184 valence electrons. The number of primary amides is 1. The summed E-state index contributed by atoms with van der Waals surface area (Å²) in [5.74, 6) is -0.501. The van der Waals surface area contributed by atoms with E-state index >= 15 is 0 Å². The highest BCUT2D eigenvalue weighted by Gasteiger charge is 2.54. The molecule has 3 saturated heterocycles. The van der Waals surface area contributed by atoms with Crippen LogP contribution in [0.1, 0.15) is 36.2 Å². The third kappa shape index (κ3) is 5.04. The van der Waals surface area contributed by atoms with E-state index in [1.165, 1.54) is 6.26 Å². The number of ether oxygens (including phenoxy) is 1. The second-order valence-corrected chi connectivity index (χ2v) is 9.24. The van der Waals surface area contributed by atoms with E-state index < -0.39 is 18.0 Å². The number of nitrogens with zero attached hydrogens (tertiary/aromatic N) is 2. The van der Waals surface area contributed by atoms with Crippen molar-refractivity contribution in [3.05, 3.63) is 84.3 Å². The van der Waals surface area contributed by atoms with Crippen molar-refractivity contribution in [3.8, 4) is 0 Å². The largest absolute Gasteiger partial charge is 1.00 e. The second kappa shape index (κ2) is 10.5. The van der Waals surface area contributed by atoms with Crippen LogP contribution in [0, 0.1) is 5.92 Å². The van der Waals surface area contributed by atoms with Crippen LogP contribution in [0.2, 0.25) is 0 Å². The van der Waals surface area contributed by atoms with Crippen molar-refractivity contribution in [2.24, 2.45) is 11.7 Å². The topological polar surface area (TPSA) is 107 Å². The fourth-order valence-corrected chi connectivity index (χ4v) is 5.56. The highest BCUT2D eigenvalue weighted by atomic mass is 35.5. The lowest BCUT2D eigenvalue weighted by Crippen LogP contribution is -3.00. The summed E-state index contributed by atoms with van der Waals surface area (Å²) in [5.41, 5.74) is 8.04. The standard InChI is InChI=1S/C26H28N4O4.ClH/c27-25(31)24(21-13-16-33-29-21)30-14-11-18(12-15-30)22(17-30)34-26(32)23(19-7-3-1-4-8-19)28-20-9-5-2-6-10-20;/h1-10,13,16,18,22-24,28H,11-12,14-15,17H2,(H-,27,31);1H/t18?,22-,23?,24?,30?;/m0./s1. The SMILES string of the molecule is NC(=O)C(c1ccon1)[N+]12CCC(CC1)[C@@H](OC(=O)C(Nc1ccccc1)c1ccccc1)C2.[Cl-]. The molecule has 0 saturated carbocycles. The van der Waals surface area contributed by atoms with Crippen LogP contribution < -0.4 is 23.5 Å². The van der Waals surface area contributed by atoms with Gasteiger partial charge in [-0.15, -0.1) is 0 Å². The number of carbonyl (C=O) groups is 2. The molecule has 6 rings (SSSR count). The number of nitrogens with one attached hydrogen (secondary N) is 1. The van der Waals surface area contributed by atoms with Crippen molar-refractivity contribution in [2.75, 3.05) is 25.0 Å². The smallest absolute Gasteiger partial charge is 0.333 e. The minimum Gasteiger partial charge on any atom is -1.00 e. The lowest BCUT2D eigenvalue weighted by Gasteiger charge is -2.54. The van der Waals surface area contributed by atoms with Gasteiger partial charge in [0.1, 0.15) is 12.8 Å². The highest BCUT2D eigenvalue weighted by molar-refractivity contribution is 5.81. The van der Waals surface area contributed by atoms with Gasteiger partial charge in [0, 0.05) is 30.5 Å². The Morgan fingerprint density at radius 1 is 1.03 bits per heavy atom. The van der Waals surface area contributed by atoms with Crippen molar-refractivity contribution in [1.29, 1.82) is 0 Å². The third-order valence-electron chi connectivity index (χ3n) is 7.24. The Morgan fingerprint density at radius 2 is 1.69 bits per heavy atom. The number of benzene rings is 2. The number of para-hydroxylation sites is 1. The van der Waals surface area contributed by atoms with Crippen LogP contribution >= 0.6 is 0 Å². The van der Waals surface area contributed by atoms with Gasteiger partial charge in [-0.05, 0) is 17.7 Å². The van der Waals surface area contributed by atoms with E-state index in [2.05, 4.69) is 10.5 Å². The van der Waals surface area contributed by atoms with E-state index in [0.29, 0.717) is 16.7 Å². The minimum absolute atomic E-state index is 0. The maximum atomic E-state index is 13.5. The number of anilines is 1. The Labute approximate surface area is 210 Å². The zero-order valence-electron chi connectivity index (χ0n) is 19.3. The van der Waals surface area contributed by atoms with Crippen molar-refractivity contribution in [3.63, 3.8) is 0 Å². The normalized spacial score (nSPS) is 24.6. The molecular formula is C26H29ClN4O4. The Bertz CT molecular complexity index is 1120. The number of fused-ring (bicyclic) bond motifs is 3. The van der Waals surface area contributed by atoms with E-state index in [1.54, 1.807) is 6.07 Å². The fourth-order valence-electron chi connectivity index (χ4n) is 5.56. The van der Waals surface area contributed by atoms with Gasteiger partial charge >= 0.3 is 5.97 Å². The summed E-state index contributed by atoms with van der Waals surface area (Å²) in [5, 5.41) is 7.34. The van der Waals surface area contributed by atoms with Gasteiger partial charge in [-0.1, -0.05) is 53.7 Å². The zero-order chi connectivity index (χ0) is 23.5. The van der Waals surface area contributed by atoms with Crippen LogP contribution in [-0.2, 0) is 14.3 Å². The third-order valence-corrected chi connectivity index (χ3v) is 7.24. The molecule has 3 fully saturated rings. The number of hydrogen-bond donors (Lipinski definition) is 2. The maximum Gasteiger partial charge on any atom is 0.333 e. The van der Waals surface area contributed by atoms with Crippen LogP contribution in [0.3, 0.4) is 0 Å². The zero-order valence-corrected chi connectivity index (χ0v) is 20.0. The van der Waals surface area contributed by atoms with Crippen molar-refractivity contribution in [1.82, 2.24) is 5.16 Å². The van der Waals surface area contributed by atoms with Crippen LogP contribution in [-0.4, -0.2) is 47.3 Å². The van der Waals surface area contributed by atoms with Gasteiger partial charge in [0.05, 0.1) is 13.1 Å². The van der Waals surface area contributed by atoms with E-state index in [1.807, 2.05) is 60.7 Å². The number of nitrogens with two attached hydrogens (primary N) is 1. The van der Waals surface area contributed by atoms with E-state index in [9.17, 15) is 9.59 Å². The Balaban J connectivity index is 0.00000289. The van der Waals surface area contributed by atoms with Crippen LogP contribution in [0.5, 0.6) is 0 Å². The van der Waals surface area contributed by atoms with Gasteiger partial charge in [-0.25, -0.2) is 4.79 Å². The average molecular weight is 497 g/mol. The molecule has 3 N–H and O–H groups in total. The van der Waals surface area contributed by atoms with Gasteiger partial charge in [0.25, 0.3) is 5.91 Å². The number of amides is 1. The molecule has 3 aliphatic heterocycles. The van der Waals surface area contributed by atoms with Gasteiger partial charge in [-0.2, -0.15) is 0 Å². The molecule has 2 unspecified atom stereocenters. The number of aromatic nitrogens is 1. The summed E-state index contributed by atoms with van der Waals surface area (Å²) >= 11 is 0. The second-order valence-electron chi connectivity index (χ2n) is 9.24. The predicted molar refractivity (Wildman–Crippen MR) is 125 cm³/mol. The van der Waals surface area contributed by atoms with E-state index in [-0.39, 0.29) is 30.4 Å². The molecule has 8 nitrogen and oxygen atoms in total. The summed E-state index contributed by atoms with van der Waals surface area (Å²) in [6.45, 7) is 2.12. The number of halogens is 1. The molecule has 2 bridgehead atoms. The Morgan fingerprint density at radius 3 is 2.29 bits per heavy atom. The Hall–Kier alpha value is -3.36. The quantitative estimate of drug-likeness (QED) is 0.341. The van der Waals surface area contributed by atoms with Gasteiger partial charge in [0.2, 0.25) is 6.04 Å². The summed E-state index contributed by atoms with van der Waals surface area (Å²) in [6.07, 6.45) is 2.88. The first-order chi connectivity index (χ1) is 16.6. The number of rotatable bonds is 8. The first kappa shape index (κ1) is 24.8. The van der Waals surface area contributed by atoms with E-state index in [0.717, 1.165) is 37.2 Å². The molecule has 35 heavy (non-hydrogen) atoms. The number of piperidine rings is 3. The molecular weight excluding hydrogens is 468 g/mol. The lowest BCUT2D eigenvalue weighted by atomic mass is 9.81. The van der Waals surface area contributed by atoms with Crippen molar-refractivity contribution < 1.29 is 35.7 Å². The van der Waals surface area contributed by atoms with Crippen LogP contribution in [0.25, 0.3) is 0 Å². The first-order valence-corrected chi connectivity index (χ1v) is 11.7. The average Bonchev–Trinajstić information content (AvgIpc) is 3.38. The molecule has 0 radical (unpaired) electrons. The molecule has 2 aromatic carbocycles. The summed E-state index contributed by atoms with van der Waals surface area (Å²) in [6, 6.07) is 19.6. The predicted octanol–water partition coefficient (Wildman–Crippen LogP) is 0.211. The Kier molecular flexibility index (Phi) is 7.42. The van der Waals surface area contributed by atoms with Gasteiger partial charge < -0.3 is 37.2 Å². The van der Waals surface area contributed by atoms with Gasteiger partial charge in [0.15, 0.2) is 17.8 Å². The lowest BCUT2D eigenvalue weighted by molar-refractivity contribution is -0.965. The molecule has 3 aliphatic rings. The molecule has 1 amide bonds. The summed E-state index contributed by atoms with van der Waals surface area (Å²) < 4.78 is 11.6. The highest BCUT2D eigenvalue weighted by Crippen LogP contribution is 2.42. The molecule has 1 aromatic heterocycles. The molecule has 9 heteroatoms. The fraction of sp³-hybridized carbons (Fsp3) is 0.346. The maximum absolute atomic E-state index is 13.5. The molecule has 0 spiro atoms. The number of quaternary nitrogens is 1. The van der Waals surface area contributed by atoms with E-state index in [4.69, 9.17) is 15.0 Å². The first-order valence-electron chi connectivity index (χ1n) is 11.7. The molecule has 3 atom stereocenters. The number of esters is 1. The number of carbonyl (C=O) groups excluding carboxylic acids is 2. The van der Waals surface area contributed by atoms with Crippen LogP contribution in [0.15, 0.2) is 77.5 Å². The molecule has 4 heterocycles. The monoisotopic (exact) mass is 496 g/mol. The summed E-state index contributed by atoms with van der Waals surface area (Å²) in [7, 11) is 0. The van der Waals surface area contributed by atoms with Crippen LogP contribution in [0.4, 0.5) is 5.69 Å². The number of hydrogen-bond acceptors (Lipinski definition) is 6. The molecule has 0 aliphatic carbocycles. The van der Waals surface area contributed by atoms with Gasteiger partial charge in [-0.3, -0.25) is 4.79 Å². The minimum atomic E-state index is -0.644. The van der Waals surface area contributed by atoms with Crippen molar-refractivity contribution >= 4 is 17.6 Å². The molecule has 3 aromatic rings. The van der Waals surface area contributed by atoms with Crippen molar-refractivity contribution in [2.45, 2.75) is 31.0 Å².